The summed E-state index contributed by atoms with van der Waals surface area (Å²) < 4.78 is 7.55. The van der Waals surface area contributed by atoms with Gasteiger partial charge in [-0.2, -0.15) is 0 Å². The van der Waals surface area contributed by atoms with Crippen molar-refractivity contribution in [2.75, 3.05) is 6.61 Å². The minimum Gasteiger partial charge on any atom is -0.492 e. The fraction of sp³-hybridized carbons (Fsp3) is 0.222. The lowest BCUT2D eigenvalue weighted by Crippen LogP contribution is -2.44. The molecular weight excluding hydrogens is 468 g/mol. The third-order valence-electron chi connectivity index (χ3n) is 6.46. The molecule has 0 bridgehead atoms. The van der Waals surface area contributed by atoms with Gasteiger partial charge in [0.05, 0.1) is 29.6 Å². The van der Waals surface area contributed by atoms with E-state index in [-0.39, 0.29) is 17.9 Å². The molecule has 10 heteroatoms. The second-order valence-corrected chi connectivity index (χ2v) is 8.80. The van der Waals surface area contributed by atoms with Crippen LogP contribution in [0.1, 0.15) is 41.9 Å². The van der Waals surface area contributed by atoms with Crippen molar-refractivity contribution in [1.82, 2.24) is 40.0 Å². The summed E-state index contributed by atoms with van der Waals surface area (Å²) in [7, 11) is 0. The number of hydrogen-bond acceptors (Lipinski definition) is 8. The van der Waals surface area contributed by atoms with Crippen LogP contribution >= 0.6 is 0 Å². The van der Waals surface area contributed by atoms with Gasteiger partial charge in [0.1, 0.15) is 22.8 Å². The highest BCUT2D eigenvalue weighted by Crippen LogP contribution is 2.38. The minimum atomic E-state index is -0.149. The molecule has 184 valence electrons. The predicted molar refractivity (Wildman–Crippen MR) is 136 cm³/mol. The molecule has 0 aliphatic heterocycles. The Bertz CT molecular complexity index is 1540. The van der Waals surface area contributed by atoms with E-state index in [1.165, 1.54) is 0 Å². The lowest BCUT2D eigenvalue weighted by Gasteiger charge is -2.35. The Morgan fingerprint density at radius 2 is 1.86 bits per heavy atom. The molecule has 1 aliphatic rings. The molecule has 0 aromatic carbocycles. The summed E-state index contributed by atoms with van der Waals surface area (Å²) >= 11 is 0. The third kappa shape index (κ3) is 4.37. The van der Waals surface area contributed by atoms with Crippen LogP contribution in [0.3, 0.4) is 0 Å². The van der Waals surface area contributed by atoms with Gasteiger partial charge in [-0.05, 0) is 62.2 Å². The van der Waals surface area contributed by atoms with Crippen molar-refractivity contribution in [3.63, 3.8) is 0 Å². The molecular formula is C27H24N8O2. The second kappa shape index (κ2) is 9.73. The van der Waals surface area contributed by atoms with Crippen LogP contribution in [0.15, 0.2) is 73.4 Å². The van der Waals surface area contributed by atoms with Gasteiger partial charge < -0.3 is 10.1 Å². The van der Waals surface area contributed by atoms with Crippen molar-refractivity contribution in [2.45, 2.75) is 31.7 Å². The molecule has 0 atom stereocenters. The fourth-order valence-electron chi connectivity index (χ4n) is 4.61. The minimum absolute atomic E-state index is 0.0269. The van der Waals surface area contributed by atoms with Crippen LogP contribution < -0.4 is 10.1 Å². The van der Waals surface area contributed by atoms with E-state index < -0.39 is 0 Å². The number of hydrogen-bond donors (Lipinski definition) is 1. The standard InChI is InChI=1S/C27H24N8O2/c1-2-37-20-5-6-23(31-16-20)26-34-33-25(35(26)19-7-11-28-12-8-19)17-14-18(15-17)32-27(36)21-9-13-29-22-4-3-10-30-24(21)22/h3-13,16-18H,2,14-15H2,1H3,(H,32,36)/t17-,18-. The number of rotatable bonds is 7. The van der Waals surface area contributed by atoms with E-state index >= 15 is 0 Å². The van der Waals surface area contributed by atoms with Crippen molar-refractivity contribution in [1.29, 1.82) is 0 Å². The maximum absolute atomic E-state index is 13.0. The van der Waals surface area contributed by atoms with Gasteiger partial charge in [0.15, 0.2) is 5.82 Å². The summed E-state index contributed by atoms with van der Waals surface area (Å²) in [5.41, 5.74) is 3.42. The fourth-order valence-corrected chi connectivity index (χ4v) is 4.61. The van der Waals surface area contributed by atoms with Gasteiger partial charge >= 0.3 is 0 Å². The number of ether oxygens (including phenoxy) is 1. The first-order valence-electron chi connectivity index (χ1n) is 12.2. The van der Waals surface area contributed by atoms with Crippen LogP contribution in [-0.4, -0.2) is 53.3 Å². The Kier molecular flexibility index (Phi) is 5.97. The first kappa shape index (κ1) is 22.7. The van der Waals surface area contributed by atoms with Crippen molar-refractivity contribution in [2.24, 2.45) is 0 Å². The number of carbonyl (C=O) groups excluding carboxylic acids is 1. The number of pyridine rings is 4. The van der Waals surface area contributed by atoms with E-state index in [1.807, 2.05) is 47.9 Å². The second-order valence-electron chi connectivity index (χ2n) is 8.80. The summed E-state index contributed by atoms with van der Waals surface area (Å²) in [5, 5.41) is 12.2. The monoisotopic (exact) mass is 492 g/mol. The summed E-state index contributed by atoms with van der Waals surface area (Å²) in [6.07, 6.45) is 9.98. The van der Waals surface area contributed by atoms with Crippen LogP contribution in [0.5, 0.6) is 5.75 Å². The predicted octanol–water partition coefficient (Wildman–Crippen LogP) is 3.74. The van der Waals surface area contributed by atoms with E-state index in [0.717, 1.165) is 24.4 Å². The van der Waals surface area contributed by atoms with Gasteiger partial charge in [0.2, 0.25) is 0 Å². The van der Waals surface area contributed by atoms with Crippen LogP contribution in [0, 0.1) is 0 Å². The zero-order valence-electron chi connectivity index (χ0n) is 20.2. The van der Waals surface area contributed by atoms with E-state index in [1.54, 1.807) is 37.1 Å². The van der Waals surface area contributed by atoms with Gasteiger partial charge in [-0.15, -0.1) is 10.2 Å². The van der Waals surface area contributed by atoms with Crippen LogP contribution in [0.2, 0.25) is 0 Å². The molecule has 1 saturated carbocycles. The van der Waals surface area contributed by atoms with E-state index in [9.17, 15) is 4.79 Å². The lowest BCUT2D eigenvalue weighted by atomic mass is 9.79. The highest BCUT2D eigenvalue weighted by Gasteiger charge is 2.36. The Labute approximate surface area is 212 Å². The largest absolute Gasteiger partial charge is 0.492 e. The Morgan fingerprint density at radius 1 is 1.00 bits per heavy atom. The average Bonchev–Trinajstić information content (AvgIpc) is 3.35. The normalized spacial score (nSPS) is 16.8. The van der Waals surface area contributed by atoms with Crippen molar-refractivity contribution in [3.05, 3.63) is 84.8 Å². The molecule has 6 rings (SSSR count). The molecule has 0 unspecified atom stereocenters. The first-order valence-corrected chi connectivity index (χ1v) is 12.2. The number of carbonyl (C=O) groups is 1. The Hall–Kier alpha value is -4.73. The maximum atomic E-state index is 13.0. The van der Waals surface area contributed by atoms with Gasteiger partial charge in [-0.3, -0.25) is 24.3 Å². The zero-order chi connectivity index (χ0) is 25.2. The van der Waals surface area contributed by atoms with Crippen LogP contribution in [0.4, 0.5) is 0 Å². The Morgan fingerprint density at radius 3 is 2.65 bits per heavy atom. The van der Waals surface area contributed by atoms with Gasteiger partial charge in [-0.1, -0.05) is 0 Å². The van der Waals surface area contributed by atoms with Crippen LogP contribution in [-0.2, 0) is 0 Å². The number of nitrogens with zero attached hydrogens (tertiary/aromatic N) is 7. The molecule has 0 radical (unpaired) electrons. The summed E-state index contributed by atoms with van der Waals surface area (Å²) in [6, 6.07) is 13.0. The van der Waals surface area contributed by atoms with E-state index in [0.29, 0.717) is 40.5 Å². The van der Waals surface area contributed by atoms with Crippen LogP contribution in [0.25, 0.3) is 28.2 Å². The third-order valence-corrected chi connectivity index (χ3v) is 6.46. The maximum Gasteiger partial charge on any atom is 0.253 e. The first-order chi connectivity index (χ1) is 18.2. The van der Waals surface area contributed by atoms with Gasteiger partial charge in [-0.25, -0.2) is 4.98 Å². The smallest absolute Gasteiger partial charge is 0.253 e. The van der Waals surface area contributed by atoms with Crippen molar-refractivity contribution in [3.8, 4) is 23.0 Å². The van der Waals surface area contributed by atoms with E-state index in [4.69, 9.17) is 4.74 Å². The number of aromatic nitrogens is 7. The average molecular weight is 493 g/mol. The van der Waals surface area contributed by atoms with Crippen molar-refractivity contribution < 1.29 is 9.53 Å². The SMILES string of the molecule is CCOc1ccc(-c2nnc([C@H]3C[C@H](NC(=O)c4ccnc5cccnc45)C3)n2-c2ccncc2)nc1. The topological polar surface area (TPSA) is 121 Å². The molecule has 37 heavy (non-hydrogen) atoms. The molecule has 5 aromatic heterocycles. The number of nitrogens with one attached hydrogen (secondary N) is 1. The zero-order valence-corrected chi connectivity index (χ0v) is 20.2. The molecule has 10 nitrogen and oxygen atoms in total. The molecule has 5 aromatic rings. The molecule has 1 aliphatic carbocycles. The number of amides is 1. The summed E-state index contributed by atoms with van der Waals surface area (Å²) in [5.74, 6) is 2.17. The highest BCUT2D eigenvalue weighted by molar-refractivity contribution is 6.04. The highest BCUT2D eigenvalue weighted by atomic mass is 16.5. The lowest BCUT2D eigenvalue weighted by molar-refractivity contribution is 0.0908. The summed E-state index contributed by atoms with van der Waals surface area (Å²) in [4.78, 5) is 30.4. The molecule has 0 saturated heterocycles. The van der Waals surface area contributed by atoms with Crippen molar-refractivity contribution >= 4 is 16.9 Å². The van der Waals surface area contributed by atoms with Gasteiger partial charge in [0, 0.05) is 36.7 Å². The quantitative estimate of drug-likeness (QED) is 0.365. The van der Waals surface area contributed by atoms with E-state index in [2.05, 4.69) is 35.5 Å². The number of fused-ring (bicyclic) bond motifs is 1. The van der Waals surface area contributed by atoms with Gasteiger partial charge in [0.25, 0.3) is 5.91 Å². The Balaban J connectivity index is 1.23. The molecule has 1 amide bonds. The molecule has 1 N–H and O–H groups in total. The molecule has 0 spiro atoms. The molecule has 5 heterocycles. The summed E-state index contributed by atoms with van der Waals surface area (Å²) in [6.45, 7) is 2.51. The molecule has 1 fully saturated rings.